The van der Waals surface area contributed by atoms with Crippen LogP contribution >= 0.6 is 7.14 Å². The molecule has 0 spiro atoms. The number of para-hydroxylation sites is 1. The van der Waals surface area contributed by atoms with Crippen LogP contribution in [0.4, 0.5) is 0 Å². The summed E-state index contributed by atoms with van der Waals surface area (Å²) in [6.07, 6.45) is 21.5. The maximum atomic E-state index is 14.2. The summed E-state index contributed by atoms with van der Waals surface area (Å²) in [4.78, 5) is 35.2. The molecule has 0 radical (unpaired) electrons. The van der Waals surface area contributed by atoms with Crippen molar-refractivity contribution >= 4 is 29.2 Å². The molecular formula is C90H131O8P. The number of hydrogen-bond acceptors (Lipinski definition) is 8. The standard InChI is InChI=1S/C22H21O2P.C15H24O.2C15H24.C12H26O2.C11H12O3/c1-16-14-17(2)21(18(3)15-16)22(23)25(24,19-10-6-4-7-11-19)20-12-8-5-9-13-20;1-10-8-11(14(2,3)4)13(16)12(9-10)15(5,6)7;1-10-11-6-7-12-13(11)14(2,3)8-5-9-15(10,12)4;1-11-6-5-7-12(2)13-10-15(3,4)14(13)9-8-11;1-7-9-11(3,4)13-14-12(5,6)10-8-2;1-2-11(12)14-9-8-13-10-6-4-3-5-7-10/h4-15H,1-3H3;8-9,16H,1-7H3;11-13H,1,5-9H2,2-4H3;6,13-14H,2,5,7-10H2,1,3-4H3;7-10H2,1-6H3;2-7H,1,8-9H2/b;;;11-6+;;/t;;11?,12?,13?,15-;13-,14-;;/m..01../s1. The highest BCUT2D eigenvalue weighted by atomic mass is 31.2. The van der Waals surface area contributed by atoms with E-state index in [-0.39, 0.29) is 34.2 Å². The lowest BCUT2D eigenvalue weighted by Gasteiger charge is -2.53. The summed E-state index contributed by atoms with van der Waals surface area (Å²) < 4.78 is 24.2. The summed E-state index contributed by atoms with van der Waals surface area (Å²) >= 11 is 0. The van der Waals surface area contributed by atoms with E-state index in [2.05, 4.69) is 169 Å². The minimum Gasteiger partial charge on any atom is -0.507 e. The summed E-state index contributed by atoms with van der Waals surface area (Å²) in [7, 11) is -3.44. The topological polar surface area (TPSA) is 108 Å². The zero-order valence-corrected chi connectivity index (χ0v) is 66.6. The van der Waals surface area contributed by atoms with E-state index in [1.165, 1.54) is 75.3 Å². The highest BCUT2D eigenvalue weighted by molar-refractivity contribution is 7.93. The molecule has 4 saturated carbocycles. The Kier molecular flexibility index (Phi) is 30.2. The van der Waals surface area contributed by atoms with Crippen LogP contribution in [0.5, 0.6) is 11.5 Å². The second-order valence-corrected chi connectivity index (χ2v) is 36.7. The first-order chi connectivity index (χ1) is 46.1. The molecule has 544 valence electrons. The van der Waals surface area contributed by atoms with Gasteiger partial charge in [-0.2, -0.15) is 0 Å². The summed E-state index contributed by atoms with van der Waals surface area (Å²) in [5.74, 6) is 5.32. The third-order valence-corrected chi connectivity index (χ3v) is 24.5. The zero-order chi connectivity index (χ0) is 74.1. The predicted molar refractivity (Wildman–Crippen MR) is 420 cm³/mol. The SMILES string of the molecule is C=C1C2CCC3C2C(C)(C)CCC[C@@]13C.C=C1CC/C=C(\C)CC[C@@H]2[C@@H]1CC2(C)C.C=CC(=O)OCCOc1ccccc1.CCCC(C)(C)OOC(C)(C)CCC.Cc1cc(C(C)(C)C)c(O)c(C(C)(C)C)c1.Cc1cc(C)c(C(=O)P(=O)(c2ccccc2)c2ccccc2)c(C)c1. The van der Waals surface area contributed by atoms with Gasteiger partial charge in [-0.15, -0.1) is 0 Å². The van der Waals surface area contributed by atoms with Crippen molar-refractivity contribution in [3.05, 3.63) is 203 Å². The summed E-state index contributed by atoms with van der Waals surface area (Å²) in [6, 6.07) is 35.6. The van der Waals surface area contributed by atoms with Gasteiger partial charge in [-0.1, -0.05) is 266 Å². The van der Waals surface area contributed by atoms with Gasteiger partial charge in [-0.3, -0.25) is 4.79 Å². The quantitative estimate of drug-likeness (QED) is 0.0198. The number of fused-ring (bicyclic) bond motifs is 1. The van der Waals surface area contributed by atoms with E-state index >= 15 is 0 Å². The van der Waals surface area contributed by atoms with Crippen molar-refractivity contribution in [2.45, 2.75) is 264 Å². The fourth-order valence-corrected chi connectivity index (χ4v) is 19.0. The first-order valence-corrected chi connectivity index (χ1v) is 38.9. The number of ether oxygens (including phenoxy) is 2. The van der Waals surface area contributed by atoms with E-state index in [0.29, 0.717) is 44.8 Å². The molecule has 3 unspecified atom stereocenters. The number of benzene rings is 5. The molecule has 4 bridgehead atoms. The Morgan fingerprint density at radius 2 is 1.10 bits per heavy atom. The lowest BCUT2D eigenvalue weighted by Crippen LogP contribution is -2.44. The molecule has 0 aromatic heterocycles. The Hall–Kier alpha value is -6.05. The Bertz CT molecular complexity index is 3420. The maximum Gasteiger partial charge on any atom is 0.330 e. The van der Waals surface area contributed by atoms with Crippen molar-refractivity contribution in [3.8, 4) is 11.5 Å². The molecule has 0 heterocycles. The first kappa shape index (κ1) is 83.6. The fourth-order valence-electron chi connectivity index (χ4n) is 16.4. The molecule has 10 rings (SSSR count). The smallest absolute Gasteiger partial charge is 0.330 e. The molecule has 1 N–H and O–H groups in total. The molecule has 99 heavy (non-hydrogen) atoms. The number of aromatic hydroxyl groups is 1. The van der Waals surface area contributed by atoms with Crippen molar-refractivity contribution in [1.82, 2.24) is 0 Å². The van der Waals surface area contributed by atoms with Crippen molar-refractivity contribution in [3.63, 3.8) is 0 Å². The minimum absolute atomic E-state index is 0.0178. The van der Waals surface area contributed by atoms with E-state index in [0.717, 1.165) is 94.9 Å². The molecule has 5 aromatic carbocycles. The van der Waals surface area contributed by atoms with Crippen LogP contribution in [0.25, 0.3) is 0 Å². The minimum atomic E-state index is -3.44. The van der Waals surface area contributed by atoms with Gasteiger partial charge >= 0.3 is 5.97 Å². The van der Waals surface area contributed by atoms with Crippen LogP contribution in [-0.4, -0.2) is 41.0 Å². The van der Waals surface area contributed by atoms with Gasteiger partial charge in [0.25, 0.3) is 0 Å². The molecule has 0 saturated heterocycles. The van der Waals surface area contributed by atoms with Gasteiger partial charge < -0.3 is 19.1 Å². The van der Waals surface area contributed by atoms with Crippen LogP contribution in [0.1, 0.15) is 258 Å². The van der Waals surface area contributed by atoms with Crippen LogP contribution in [0.3, 0.4) is 0 Å². The Balaban J connectivity index is 0.000000218. The molecule has 0 aliphatic heterocycles. The van der Waals surface area contributed by atoms with Crippen molar-refractivity contribution in [2.24, 2.45) is 45.8 Å². The lowest BCUT2D eigenvalue weighted by molar-refractivity contribution is -0.402. The number of carbonyl (C=O) groups is 2. The van der Waals surface area contributed by atoms with E-state index in [1.54, 1.807) is 35.4 Å². The number of carbonyl (C=O) groups excluding carboxylic acids is 2. The summed E-state index contributed by atoms with van der Waals surface area (Å²) in [5.41, 5.74) is 12.4. The highest BCUT2D eigenvalue weighted by Gasteiger charge is 2.61. The van der Waals surface area contributed by atoms with Gasteiger partial charge in [0.2, 0.25) is 12.7 Å². The molecule has 5 aliphatic carbocycles. The molecule has 8 nitrogen and oxygen atoms in total. The van der Waals surface area contributed by atoms with Crippen LogP contribution in [-0.2, 0) is 34.7 Å². The molecule has 5 aromatic rings. The monoisotopic (exact) mass is 1370 g/mol. The normalized spacial score (nSPS) is 21.9. The number of hydrogen-bond donors (Lipinski definition) is 1. The number of allylic oxidation sites excluding steroid dienone is 4. The summed E-state index contributed by atoms with van der Waals surface area (Å²) in [5, 5.41) is 11.5. The number of aryl methyl sites for hydroxylation is 4. The second kappa shape index (κ2) is 35.7. The van der Waals surface area contributed by atoms with Crippen LogP contribution in [0.2, 0.25) is 0 Å². The number of phenols is 1. The largest absolute Gasteiger partial charge is 0.507 e. The molecule has 9 heteroatoms. The molecule has 6 atom stereocenters. The van der Waals surface area contributed by atoms with E-state index < -0.39 is 13.1 Å². The molecule has 0 amide bonds. The molecule has 5 aliphatic rings. The highest BCUT2D eigenvalue weighted by Crippen LogP contribution is 2.70. The lowest BCUT2D eigenvalue weighted by atomic mass is 9.52. The second-order valence-electron chi connectivity index (χ2n) is 34.1. The average molecular weight is 1370 g/mol. The van der Waals surface area contributed by atoms with Gasteiger partial charge in [0.05, 0.1) is 11.2 Å². The Morgan fingerprint density at radius 1 is 0.616 bits per heavy atom. The van der Waals surface area contributed by atoms with E-state index in [1.807, 2.05) is 99.6 Å². The van der Waals surface area contributed by atoms with Crippen LogP contribution in [0, 0.1) is 73.5 Å². The van der Waals surface area contributed by atoms with Gasteiger partial charge in [0, 0.05) is 22.2 Å². The predicted octanol–water partition coefficient (Wildman–Crippen LogP) is 24.1. The number of esters is 1. The Labute approximate surface area is 602 Å². The maximum absolute atomic E-state index is 14.2. The number of phenolic OH excluding ortho intramolecular Hbond substituents is 1. The van der Waals surface area contributed by atoms with Crippen molar-refractivity contribution in [2.75, 3.05) is 13.2 Å². The van der Waals surface area contributed by atoms with Crippen LogP contribution < -0.4 is 15.3 Å². The third kappa shape index (κ3) is 22.7. The molecule has 4 fully saturated rings. The van der Waals surface area contributed by atoms with Crippen molar-refractivity contribution in [1.29, 1.82) is 0 Å². The Morgan fingerprint density at radius 3 is 1.57 bits per heavy atom. The van der Waals surface area contributed by atoms with Gasteiger partial charge in [-0.05, 0) is 224 Å². The van der Waals surface area contributed by atoms with Gasteiger partial charge in [-0.25, -0.2) is 14.6 Å². The van der Waals surface area contributed by atoms with Gasteiger partial charge in [0.1, 0.15) is 24.7 Å². The number of rotatable bonds is 16. The van der Waals surface area contributed by atoms with Gasteiger partial charge in [0.15, 0.2) is 0 Å². The van der Waals surface area contributed by atoms with E-state index in [9.17, 15) is 19.3 Å². The summed E-state index contributed by atoms with van der Waals surface area (Å²) in [6.45, 7) is 60.6. The zero-order valence-electron chi connectivity index (χ0n) is 65.7. The molecular weight excluding hydrogens is 1240 g/mol. The third-order valence-electron chi connectivity index (χ3n) is 21.6. The van der Waals surface area contributed by atoms with Crippen LogP contribution in [0.15, 0.2) is 164 Å². The fraction of sp³-hybridized carbons (Fsp3) is 0.556. The first-order valence-electron chi connectivity index (χ1n) is 37.2. The van der Waals surface area contributed by atoms with E-state index in [4.69, 9.17) is 19.2 Å². The van der Waals surface area contributed by atoms with Crippen molar-refractivity contribution < 1.29 is 38.5 Å². The average Bonchev–Trinajstić information content (AvgIpc) is 1.56.